The van der Waals surface area contributed by atoms with Crippen LogP contribution in [0.4, 0.5) is 0 Å². The van der Waals surface area contributed by atoms with Gasteiger partial charge in [-0.15, -0.1) is 11.8 Å². The Morgan fingerprint density at radius 3 is 2.56 bits per heavy atom. The third kappa shape index (κ3) is 5.80. The number of ether oxygens (including phenoxy) is 2. The van der Waals surface area contributed by atoms with E-state index >= 15 is 0 Å². The van der Waals surface area contributed by atoms with Gasteiger partial charge >= 0.3 is 5.97 Å². The van der Waals surface area contributed by atoms with Gasteiger partial charge in [-0.05, 0) is 35.3 Å². The highest BCUT2D eigenvalue weighted by molar-refractivity contribution is 8.00. The van der Waals surface area contributed by atoms with Gasteiger partial charge in [0.2, 0.25) is 5.91 Å². The number of methoxy groups -OCH3 is 1. The molecular weight excluding hydrogens is 480 g/mol. The van der Waals surface area contributed by atoms with Gasteiger partial charge in [-0.25, -0.2) is 4.79 Å². The summed E-state index contributed by atoms with van der Waals surface area (Å²) in [6, 6.07) is 15.8. The van der Waals surface area contributed by atoms with Crippen LogP contribution in [0.25, 0.3) is 0 Å². The van der Waals surface area contributed by atoms with Crippen molar-refractivity contribution < 1.29 is 29.0 Å². The molecular formula is C27H28N2O6S. The van der Waals surface area contributed by atoms with E-state index in [1.807, 2.05) is 30.3 Å². The predicted molar refractivity (Wildman–Crippen MR) is 136 cm³/mol. The molecule has 2 aromatic carbocycles. The number of nitrogens with zero attached hydrogens (tertiary/aromatic N) is 1. The summed E-state index contributed by atoms with van der Waals surface area (Å²) in [6.07, 6.45) is 3.93. The minimum absolute atomic E-state index is 0.0448. The molecule has 0 spiro atoms. The summed E-state index contributed by atoms with van der Waals surface area (Å²) in [5.41, 5.74) is 2.60. The number of β-lactam (4-membered cyclic amide) rings is 1. The lowest BCUT2D eigenvalue weighted by Gasteiger charge is -2.49. The van der Waals surface area contributed by atoms with Crippen LogP contribution in [0.5, 0.6) is 5.75 Å². The van der Waals surface area contributed by atoms with Gasteiger partial charge < -0.3 is 19.9 Å². The van der Waals surface area contributed by atoms with Gasteiger partial charge in [-0.3, -0.25) is 14.5 Å². The van der Waals surface area contributed by atoms with Crippen LogP contribution in [-0.2, 0) is 32.1 Å². The molecule has 0 bridgehead atoms. The van der Waals surface area contributed by atoms with Crippen LogP contribution in [0.2, 0.25) is 0 Å². The van der Waals surface area contributed by atoms with Crippen LogP contribution in [0, 0.1) is 0 Å². The van der Waals surface area contributed by atoms with Gasteiger partial charge in [0.05, 0.1) is 20.1 Å². The highest BCUT2D eigenvalue weighted by atomic mass is 32.2. The molecule has 0 aromatic heterocycles. The van der Waals surface area contributed by atoms with Crippen LogP contribution in [-0.4, -0.2) is 58.7 Å². The number of fused-ring (bicyclic) bond motifs is 1. The standard InChI is InChI=1S/C27H28N2O6S/c1-34-21-12-10-19(11-13-21)16-35-27(33)24-20(9-5-6-14-30)17-36-26-23(25(32)29(24)26)28-22(31)15-18-7-3-2-4-8-18/h2-8,10-13,23,26,30H,9,14-17H2,1H3,(H,28,31)/b6-5+/t23-,26-/m1/s1. The molecule has 8 nitrogen and oxygen atoms in total. The number of aliphatic hydroxyl groups excluding tert-OH is 1. The lowest BCUT2D eigenvalue weighted by molar-refractivity contribution is -0.153. The van der Waals surface area contributed by atoms with Crippen molar-refractivity contribution in [3.63, 3.8) is 0 Å². The van der Waals surface area contributed by atoms with E-state index in [1.165, 1.54) is 16.7 Å². The Labute approximate surface area is 214 Å². The van der Waals surface area contributed by atoms with Gasteiger partial charge in [-0.1, -0.05) is 54.6 Å². The SMILES string of the molecule is COc1ccc(COC(=O)C2=C(C/C=C/CO)CS[C@@H]3[C@H](NC(=O)Cc4ccccc4)C(=O)N23)cc1. The van der Waals surface area contributed by atoms with E-state index in [1.54, 1.807) is 43.5 Å². The lowest BCUT2D eigenvalue weighted by Crippen LogP contribution is -2.70. The zero-order chi connectivity index (χ0) is 25.5. The van der Waals surface area contributed by atoms with Crippen molar-refractivity contribution >= 4 is 29.5 Å². The van der Waals surface area contributed by atoms with Crippen LogP contribution < -0.4 is 10.1 Å². The first-order chi connectivity index (χ1) is 17.5. The second kappa shape index (κ2) is 11.9. The van der Waals surface area contributed by atoms with Crippen molar-refractivity contribution in [1.82, 2.24) is 10.2 Å². The quantitative estimate of drug-likeness (QED) is 0.289. The highest BCUT2D eigenvalue weighted by Crippen LogP contribution is 2.41. The Kier molecular flexibility index (Phi) is 8.45. The zero-order valence-corrected chi connectivity index (χ0v) is 20.7. The molecule has 0 unspecified atom stereocenters. The summed E-state index contributed by atoms with van der Waals surface area (Å²) in [5.74, 6) is 0.0236. The third-order valence-corrected chi connectivity index (χ3v) is 7.27. The molecule has 4 rings (SSSR count). The average Bonchev–Trinajstić information content (AvgIpc) is 2.91. The summed E-state index contributed by atoms with van der Waals surface area (Å²) < 4.78 is 10.7. The number of allylic oxidation sites excluding steroid dienone is 1. The van der Waals surface area contributed by atoms with Gasteiger partial charge in [0, 0.05) is 5.75 Å². The molecule has 1 saturated heterocycles. The van der Waals surface area contributed by atoms with Gasteiger partial charge in [0.1, 0.15) is 29.5 Å². The van der Waals surface area contributed by atoms with Gasteiger partial charge in [-0.2, -0.15) is 0 Å². The van der Waals surface area contributed by atoms with E-state index in [9.17, 15) is 14.4 Å². The maximum absolute atomic E-state index is 13.2. The van der Waals surface area contributed by atoms with Crippen molar-refractivity contribution in [1.29, 1.82) is 0 Å². The Morgan fingerprint density at radius 2 is 1.86 bits per heavy atom. The van der Waals surface area contributed by atoms with E-state index < -0.39 is 12.0 Å². The second-order valence-corrected chi connectivity index (χ2v) is 9.46. The summed E-state index contributed by atoms with van der Waals surface area (Å²) in [6.45, 7) is -0.0678. The van der Waals surface area contributed by atoms with E-state index in [0.29, 0.717) is 17.9 Å². The first-order valence-electron chi connectivity index (χ1n) is 11.6. The molecule has 9 heteroatoms. The summed E-state index contributed by atoms with van der Waals surface area (Å²) >= 11 is 1.49. The minimum Gasteiger partial charge on any atom is -0.497 e. The number of amides is 2. The van der Waals surface area contributed by atoms with E-state index in [2.05, 4.69) is 5.32 Å². The molecule has 2 amide bonds. The van der Waals surface area contributed by atoms with E-state index in [-0.39, 0.29) is 42.5 Å². The molecule has 0 radical (unpaired) electrons. The fraction of sp³-hybridized carbons (Fsp3) is 0.296. The van der Waals surface area contributed by atoms with Crippen molar-refractivity contribution in [2.45, 2.75) is 30.9 Å². The van der Waals surface area contributed by atoms with Crippen molar-refractivity contribution in [2.24, 2.45) is 0 Å². The molecule has 2 aliphatic heterocycles. The Morgan fingerprint density at radius 1 is 1.11 bits per heavy atom. The molecule has 2 heterocycles. The van der Waals surface area contributed by atoms with Crippen molar-refractivity contribution in [3.05, 3.63) is 89.1 Å². The number of carbonyl (C=O) groups excluding carboxylic acids is 3. The molecule has 2 aromatic rings. The molecule has 2 N–H and O–H groups in total. The number of carbonyl (C=O) groups is 3. The number of esters is 1. The number of rotatable bonds is 10. The van der Waals surface area contributed by atoms with Gasteiger partial charge in [0.15, 0.2) is 0 Å². The topological polar surface area (TPSA) is 105 Å². The number of hydrogen-bond acceptors (Lipinski definition) is 7. The smallest absolute Gasteiger partial charge is 0.355 e. The highest BCUT2D eigenvalue weighted by Gasteiger charge is 2.54. The lowest BCUT2D eigenvalue weighted by atomic mass is 10.0. The van der Waals surface area contributed by atoms with Crippen molar-refractivity contribution in [2.75, 3.05) is 19.5 Å². The fourth-order valence-corrected chi connectivity index (χ4v) is 5.43. The van der Waals surface area contributed by atoms with Crippen molar-refractivity contribution in [3.8, 4) is 5.75 Å². The monoisotopic (exact) mass is 508 g/mol. The largest absolute Gasteiger partial charge is 0.497 e. The predicted octanol–water partition coefficient (Wildman–Crippen LogP) is 2.57. The average molecular weight is 509 g/mol. The Bertz CT molecular complexity index is 1160. The first kappa shape index (κ1) is 25.5. The molecule has 0 saturated carbocycles. The molecule has 0 aliphatic carbocycles. The van der Waals surface area contributed by atoms with Crippen LogP contribution in [0.15, 0.2) is 78.0 Å². The summed E-state index contributed by atoms with van der Waals surface area (Å²) in [5, 5.41) is 11.5. The maximum atomic E-state index is 13.2. The first-order valence-corrected chi connectivity index (χ1v) is 12.6. The van der Waals surface area contributed by atoms with Crippen LogP contribution >= 0.6 is 11.8 Å². The third-order valence-electron chi connectivity index (χ3n) is 5.93. The fourth-order valence-electron chi connectivity index (χ4n) is 4.07. The maximum Gasteiger partial charge on any atom is 0.355 e. The minimum atomic E-state index is -0.704. The number of thioether (sulfide) groups is 1. The Balaban J connectivity index is 1.46. The van der Waals surface area contributed by atoms with E-state index in [0.717, 1.165) is 16.7 Å². The molecule has 36 heavy (non-hydrogen) atoms. The zero-order valence-electron chi connectivity index (χ0n) is 19.9. The molecule has 188 valence electrons. The van der Waals surface area contributed by atoms with E-state index in [4.69, 9.17) is 14.6 Å². The second-order valence-electron chi connectivity index (χ2n) is 8.35. The molecule has 1 fully saturated rings. The normalized spacial score (nSPS) is 19.1. The van der Waals surface area contributed by atoms with Crippen LogP contribution in [0.1, 0.15) is 17.5 Å². The Hall–Kier alpha value is -3.56. The number of benzene rings is 2. The van der Waals surface area contributed by atoms with Crippen LogP contribution in [0.3, 0.4) is 0 Å². The van der Waals surface area contributed by atoms with Gasteiger partial charge in [0.25, 0.3) is 5.91 Å². The number of nitrogens with one attached hydrogen (secondary N) is 1. The summed E-state index contributed by atoms with van der Waals surface area (Å²) in [7, 11) is 1.58. The molecule has 2 atom stereocenters. The molecule has 2 aliphatic rings. The number of aliphatic hydroxyl groups is 1. The number of hydrogen-bond donors (Lipinski definition) is 2. The summed E-state index contributed by atoms with van der Waals surface area (Å²) in [4.78, 5) is 40.3.